The van der Waals surface area contributed by atoms with Crippen LogP contribution < -0.4 is 4.31 Å². The fourth-order valence-corrected chi connectivity index (χ4v) is 5.71. The molecule has 1 aliphatic rings. The molecule has 1 aliphatic carbocycles. The topological polar surface area (TPSA) is 77.9 Å². The summed E-state index contributed by atoms with van der Waals surface area (Å²) in [6.07, 6.45) is 2.50. The largest absolute Gasteiger partial charge is 0.391 e. The number of rotatable bonds is 6. The van der Waals surface area contributed by atoms with Gasteiger partial charge in [-0.15, -0.1) is 0 Å². The van der Waals surface area contributed by atoms with Gasteiger partial charge in [-0.05, 0) is 50.1 Å². The van der Waals surface area contributed by atoms with Crippen molar-refractivity contribution in [3.63, 3.8) is 0 Å². The van der Waals surface area contributed by atoms with E-state index in [9.17, 15) is 18.3 Å². The van der Waals surface area contributed by atoms with Gasteiger partial charge in [-0.2, -0.15) is 0 Å². The fourth-order valence-electron chi connectivity index (χ4n) is 3.80. The van der Waals surface area contributed by atoms with E-state index in [1.165, 1.54) is 35.2 Å². The van der Waals surface area contributed by atoms with Crippen LogP contribution in [0.3, 0.4) is 0 Å². The third-order valence-corrected chi connectivity index (χ3v) is 7.83. The number of sulfonamides is 1. The first kappa shape index (κ1) is 23.9. The number of carbonyl (C=O) groups is 1. The van der Waals surface area contributed by atoms with Gasteiger partial charge in [0.15, 0.2) is 0 Å². The summed E-state index contributed by atoms with van der Waals surface area (Å²) >= 11 is 12.2. The molecule has 31 heavy (non-hydrogen) atoms. The van der Waals surface area contributed by atoms with E-state index in [1.807, 2.05) is 6.92 Å². The quantitative estimate of drug-likeness (QED) is 0.664. The van der Waals surface area contributed by atoms with Gasteiger partial charge in [-0.1, -0.05) is 53.7 Å². The summed E-state index contributed by atoms with van der Waals surface area (Å²) in [5.41, 5.74) is 1.11. The summed E-state index contributed by atoms with van der Waals surface area (Å²) < 4.78 is 28.0. The highest BCUT2D eigenvalue weighted by atomic mass is 35.5. The van der Waals surface area contributed by atoms with Gasteiger partial charge in [-0.25, -0.2) is 8.42 Å². The van der Waals surface area contributed by atoms with Gasteiger partial charge in [0.2, 0.25) is 5.91 Å². The molecule has 6 nitrogen and oxygen atoms in total. The maximum absolute atomic E-state index is 13.5. The van der Waals surface area contributed by atoms with E-state index in [0.29, 0.717) is 12.8 Å². The summed E-state index contributed by atoms with van der Waals surface area (Å²) in [5, 5.41) is 10.8. The van der Waals surface area contributed by atoms with E-state index in [1.54, 1.807) is 19.2 Å². The number of hydrogen-bond donors (Lipinski definition) is 1. The van der Waals surface area contributed by atoms with Crippen molar-refractivity contribution in [1.82, 2.24) is 4.90 Å². The van der Waals surface area contributed by atoms with E-state index in [-0.39, 0.29) is 26.7 Å². The number of halogens is 2. The van der Waals surface area contributed by atoms with E-state index >= 15 is 0 Å². The maximum Gasteiger partial charge on any atom is 0.264 e. The summed E-state index contributed by atoms with van der Waals surface area (Å²) in [6.45, 7) is 1.42. The Bertz CT molecular complexity index is 1020. The molecule has 168 valence electrons. The minimum atomic E-state index is -4.07. The van der Waals surface area contributed by atoms with Gasteiger partial charge in [0, 0.05) is 17.1 Å². The van der Waals surface area contributed by atoms with Crippen molar-refractivity contribution in [3.05, 3.63) is 58.1 Å². The molecular weight excluding hydrogens is 459 g/mol. The van der Waals surface area contributed by atoms with Gasteiger partial charge < -0.3 is 10.0 Å². The van der Waals surface area contributed by atoms with Gasteiger partial charge in [0.05, 0.1) is 22.7 Å². The van der Waals surface area contributed by atoms with E-state index < -0.39 is 28.6 Å². The average Bonchev–Trinajstić information content (AvgIpc) is 2.71. The first-order valence-electron chi connectivity index (χ1n) is 10.1. The minimum absolute atomic E-state index is 0.0577. The molecule has 0 aliphatic heterocycles. The molecule has 2 aromatic carbocycles. The third-order valence-electron chi connectivity index (χ3n) is 5.61. The van der Waals surface area contributed by atoms with E-state index in [0.717, 1.165) is 22.7 Å². The van der Waals surface area contributed by atoms with Crippen LogP contribution in [-0.2, 0) is 14.8 Å². The Morgan fingerprint density at radius 3 is 2.23 bits per heavy atom. The van der Waals surface area contributed by atoms with E-state index in [2.05, 4.69) is 0 Å². The minimum Gasteiger partial charge on any atom is -0.391 e. The number of anilines is 1. The Morgan fingerprint density at radius 2 is 1.65 bits per heavy atom. The molecule has 0 heterocycles. The molecule has 2 unspecified atom stereocenters. The summed E-state index contributed by atoms with van der Waals surface area (Å²) in [4.78, 5) is 14.6. The van der Waals surface area contributed by atoms with Crippen LogP contribution in [0.1, 0.15) is 31.2 Å². The van der Waals surface area contributed by atoms with Crippen molar-refractivity contribution in [2.75, 3.05) is 17.9 Å². The van der Waals surface area contributed by atoms with Gasteiger partial charge in [0.1, 0.15) is 6.54 Å². The number of aryl methyl sites for hydroxylation is 1. The Labute approximate surface area is 193 Å². The lowest BCUT2D eigenvalue weighted by molar-refractivity contribution is -0.133. The van der Waals surface area contributed by atoms with Crippen molar-refractivity contribution in [2.45, 2.75) is 49.6 Å². The lowest BCUT2D eigenvalue weighted by atomic mass is 9.91. The molecule has 0 bridgehead atoms. The molecule has 1 amide bonds. The number of aliphatic hydroxyl groups is 1. The molecule has 9 heteroatoms. The lowest BCUT2D eigenvalue weighted by Gasteiger charge is -2.36. The summed E-state index contributed by atoms with van der Waals surface area (Å²) in [7, 11) is -2.47. The number of hydrogen-bond acceptors (Lipinski definition) is 4. The highest BCUT2D eigenvalue weighted by Gasteiger charge is 2.33. The maximum atomic E-state index is 13.5. The zero-order valence-electron chi connectivity index (χ0n) is 17.5. The van der Waals surface area contributed by atoms with Crippen LogP contribution in [0, 0.1) is 6.92 Å². The van der Waals surface area contributed by atoms with Crippen molar-refractivity contribution < 1.29 is 18.3 Å². The molecule has 0 aromatic heterocycles. The second kappa shape index (κ2) is 9.77. The second-order valence-electron chi connectivity index (χ2n) is 7.88. The van der Waals surface area contributed by atoms with Gasteiger partial charge >= 0.3 is 0 Å². The van der Waals surface area contributed by atoms with Crippen molar-refractivity contribution in [2.24, 2.45) is 0 Å². The Balaban J connectivity index is 1.97. The third kappa shape index (κ3) is 5.52. The molecule has 0 spiro atoms. The van der Waals surface area contributed by atoms with Crippen molar-refractivity contribution in [1.29, 1.82) is 0 Å². The molecule has 0 radical (unpaired) electrons. The van der Waals surface area contributed by atoms with E-state index in [4.69, 9.17) is 23.2 Å². The average molecular weight is 485 g/mol. The van der Waals surface area contributed by atoms with Crippen molar-refractivity contribution >= 4 is 44.8 Å². The number of nitrogens with zero attached hydrogens (tertiary/aromatic N) is 2. The number of carbonyl (C=O) groups excluding carboxylic acids is 1. The normalized spacial score (nSPS) is 19.1. The van der Waals surface area contributed by atoms with Crippen LogP contribution in [0.2, 0.25) is 10.0 Å². The monoisotopic (exact) mass is 484 g/mol. The van der Waals surface area contributed by atoms with Crippen LogP contribution >= 0.6 is 23.2 Å². The highest BCUT2D eigenvalue weighted by molar-refractivity contribution is 7.92. The van der Waals surface area contributed by atoms with Crippen LogP contribution in [0.4, 0.5) is 5.69 Å². The number of amides is 1. The Kier molecular flexibility index (Phi) is 7.52. The number of likely N-dealkylation sites (N-methyl/N-ethyl adjacent to an activating group) is 1. The molecule has 1 saturated carbocycles. The first-order chi connectivity index (χ1) is 14.6. The summed E-state index contributed by atoms with van der Waals surface area (Å²) in [5.74, 6) is -0.419. The van der Waals surface area contributed by atoms with Crippen LogP contribution in [-0.4, -0.2) is 50.1 Å². The zero-order chi connectivity index (χ0) is 22.8. The van der Waals surface area contributed by atoms with Crippen LogP contribution in [0.25, 0.3) is 0 Å². The predicted octanol–water partition coefficient (Wildman–Crippen LogP) is 4.26. The van der Waals surface area contributed by atoms with Crippen LogP contribution in [0.5, 0.6) is 0 Å². The predicted molar refractivity (Wildman–Crippen MR) is 123 cm³/mol. The number of aliphatic hydroxyl groups excluding tert-OH is 1. The molecule has 2 aromatic rings. The lowest BCUT2D eigenvalue weighted by Crippen LogP contribution is -2.50. The molecule has 1 fully saturated rings. The Hall–Kier alpha value is -1.80. The highest BCUT2D eigenvalue weighted by Crippen LogP contribution is 2.30. The molecule has 0 saturated heterocycles. The SMILES string of the molecule is Cc1ccc(S(=O)(=O)N(CC(=O)N(C)C2CCCCC2O)c2cc(Cl)cc(Cl)c2)cc1. The Morgan fingerprint density at radius 1 is 1.06 bits per heavy atom. The first-order valence-corrected chi connectivity index (χ1v) is 12.3. The van der Waals surface area contributed by atoms with Gasteiger partial charge in [0.25, 0.3) is 10.0 Å². The number of benzene rings is 2. The molecule has 3 rings (SSSR count). The molecular formula is C22H26Cl2N2O4S. The molecule has 1 N–H and O–H groups in total. The van der Waals surface area contributed by atoms with Crippen LogP contribution in [0.15, 0.2) is 47.4 Å². The van der Waals surface area contributed by atoms with Gasteiger partial charge in [-0.3, -0.25) is 9.10 Å². The summed E-state index contributed by atoms with van der Waals surface area (Å²) in [6, 6.07) is 10.5. The van der Waals surface area contributed by atoms with Crippen molar-refractivity contribution in [3.8, 4) is 0 Å². The second-order valence-corrected chi connectivity index (χ2v) is 10.6. The standard InChI is InChI=1S/C22H26Cl2N2O4S/c1-15-7-9-19(10-8-15)31(29,30)26(18-12-16(23)11-17(24)13-18)14-22(28)25(2)20-5-3-4-6-21(20)27/h7-13,20-21,27H,3-6,14H2,1-2H3. The zero-order valence-corrected chi connectivity index (χ0v) is 19.8. The molecule has 2 atom stereocenters. The fraction of sp³-hybridized carbons (Fsp3) is 0.409. The smallest absolute Gasteiger partial charge is 0.264 e.